The lowest BCUT2D eigenvalue weighted by molar-refractivity contribution is -0.113. The largest absolute Gasteiger partial charge is 0.325 e. The number of aryl methyl sites for hydroxylation is 2. The van der Waals surface area contributed by atoms with Gasteiger partial charge in [-0.2, -0.15) is 0 Å². The first kappa shape index (κ1) is 22.3. The van der Waals surface area contributed by atoms with Gasteiger partial charge in [0.15, 0.2) is 11.0 Å². The fraction of sp³-hybridized carbons (Fsp3) is 0.240. The monoisotopic (exact) mass is 462 g/mol. The predicted octanol–water partition coefficient (Wildman–Crippen LogP) is 6.20. The molecule has 0 aliphatic carbocycles. The number of anilines is 1. The lowest BCUT2D eigenvalue weighted by Gasteiger charge is -2.14. The molecule has 2 heterocycles. The van der Waals surface area contributed by atoms with Gasteiger partial charge in [0, 0.05) is 33.3 Å². The van der Waals surface area contributed by atoms with Gasteiger partial charge in [-0.1, -0.05) is 68.1 Å². The van der Waals surface area contributed by atoms with Crippen LogP contribution in [0, 0.1) is 0 Å². The van der Waals surface area contributed by atoms with E-state index in [1.54, 1.807) is 11.3 Å². The number of hydrogen-bond acceptors (Lipinski definition) is 5. The molecular weight excluding hydrogens is 436 g/mol. The first-order valence-corrected chi connectivity index (χ1v) is 12.6. The molecule has 4 rings (SSSR count). The Kier molecular flexibility index (Phi) is 7.07. The average Bonchev–Trinajstić information content (AvgIpc) is 3.42. The number of thiophene rings is 1. The van der Waals surface area contributed by atoms with Crippen molar-refractivity contribution in [1.29, 1.82) is 0 Å². The Hall–Kier alpha value is -2.90. The van der Waals surface area contributed by atoms with Crippen molar-refractivity contribution in [2.45, 2.75) is 38.4 Å². The van der Waals surface area contributed by atoms with Crippen LogP contribution in [-0.2, 0) is 24.2 Å². The molecule has 0 aliphatic heterocycles. The van der Waals surface area contributed by atoms with E-state index in [4.69, 9.17) is 0 Å². The van der Waals surface area contributed by atoms with Gasteiger partial charge in [-0.3, -0.25) is 9.36 Å². The highest BCUT2D eigenvalue weighted by molar-refractivity contribution is 7.99. The van der Waals surface area contributed by atoms with Gasteiger partial charge in [0.05, 0.1) is 5.75 Å². The maximum absolute atomic E-state index is 12.8. The topological polar surface area (TPSA) is 59.8 Å². The number of amides is 1. The van der Waals surface area contributed by atoms with Gasteiger partial charge >= 0.3 is 0 Å². The molecule has 2 aromatic heterocycles. The van der Waals surface area contributed by atoms with Crippen LogP contribution >= 0.6 is 23.1 Å². The summed E-state index contributed by atoms with van der Waals surface area (Å²) in [6.45, 7) is 8.67. The number of benzene rings is 2. The lowest BCUT2D eigenvalue weighted by Crippen LogP contribution is -2.17. The van der Waals surface area contributed by atoms with Crippen molar-refractivity contribution in [3.63, 3.8) is 0 Å². The number of allylic oxidation sites excluding steroid dienone is 1. The number of rotatable bonds is 9. The summed E-state index contributed by atoms with van der Waals surface area (Å²) in [5, 5.41) is 16.0. The van der Waals surface area contributed by atoms with Gasteiger partial charge < -0.3 is 5.32 Å². The number of carbonyl (C=O) groups is 1. The van der Waals surface area contributed by atoms with Gasteiger partial charge in [0.1, 0.15) is 0 Å². The molecule has 4 aromatic rings. The van der Waals surface area contributed by atoms with E-state index in [1.807, 2.05) is 22.8 Å². The van der Waals surface area contributed by atoms with Crippen molar-refractivity contribution >= 4 is 44.8 Å². The van der Waals surface area contributed by atoms with Crippen molar-refractivity contribution in [2.24, 2.45) is 0 Å². The first-order chi connectivity index (χ1) is 15.7. The number of carbonyl (C=O) groups excluding carboxylic acids is 1. The highest BCUT2D eigenvalue weighted by Crippen LogP contribution is 2.34. The summed E-state index contributed by atoms with van der Waals surface area (Å²) in [4.78, 5) is 12.8. The zero-order valence-corrected chi connectivity index (χ0v) is 19.9. The minimum atomic E-state index is -0.0405. The van der Waals surface area contributed by atoms with Crippen LogP contribution in [0.3, 0.4) is 0 Å². The molecule has 0 unspecified atom stereocenters. The highest BCUT2D eigenvalue weighted by Gasteiger charge is 2.18. The highest BCUT2D eigenvalue weighted by atomic mass is 32.2. The summed E-state index contributed by atoms with van der Waals surface area (Å²) < 4.78 is 3.24. The molecule has 32 heavy (non-hydrogen) atoms. The minimum Gasteiger partial charge on any atom is -0.325 e. The molecule has 0 atom stereocenters. The van der Waals surface area contributed by atoms with Gasteiger partial charge in [-0.25, -0.2) is 0 Å². The smallest absolute Gasteiger partial charge is 0.234 e. The van der Waals surface area contributed by atoms with E-state index in [9.17, 15) is 4.79 Å². The Bertz CT molecular complexity index is 1240. The second-order valence-electron chi connectivity index (χ2n) is 7.35. The van der Waals surface area contributed by atoms with Gasteiger partial charge in [-0.05, 0) is 30.0 Å². The van der Waals surface area contributed by atoms with Gasteiger partial charge in [0.25, 0.3) is 0 Å². The first-order valence-electron chi connectivity index (χ1n) is 10.7. The van der Waals surface area contributed by atoms with E-state index in [1.165, 1.54) is 16.5 Å². The van der Waals surface area contributed by atoms with Crippen LogP contribution in [0.25, 0.3) is 21.5 Å². The van der Waals surface area contributed by atoms with Crippen LogP contribution in [0.4, 0.5) is 5.69 Å². The van der Waals surface area contributed by atoms with Crippen LogP contribution in [0.2, 0.25) is 0 Å². The summed E-state index contributed by atoms with van der Waals surface area (Å²) in [7, 11) is 0. The number of hydrogen-bond donors (Lipinski definition) is 1. The predicted molar refractivity (Wildman–Crippen MR) is 136 cm³/mol. The Labute approximate surface area is 196 Å². The molecule has 0 spiro atoms. The van der Waals surface area contributed by atoms with Crippen molar-refractivity contribution in [3.8, 4) is 11.4 Å². The third-order valence-electron chi connectivity index (χ3n) is 5.35. The molecule has 164 valence electrons. The van der Waals surface area contributed by atoms with Crippen LogP contribution in [0.1, 0.15) is 25.0 Å². The average molecular weight is 463 g/mol. The van der Waals surface area contributed by atoms with E-state index in [0.717, 1.165) is 46.4 Å². The van der Waals surface area contributed by atoms with Crippen molar-refractivity contribution in [3.05, 3.63) is 71.6 Å². The third-order valence-corrected chi connectivity index (χ3v) is 7.28. The van der Waals surface area contributed by atoms with E-state index in [0.29, 0.717) is 11.7 Å². The van der Waals surface area contributed by atoms with Crippen LogP contribution in [-0.4, -0.2) is 26.4 Å². The molecule has 0 fully saturated rings. The molecule has 2 aromatic carbocycles. The number of fused-ring (bicyclic) bond motifs is 1. The Morgan fingerprint density at radius 3 is 2.59 bits per heavy atom. The van der Waals surface area contributed by atoms with E-state index >= 15 is 0 Å². The van der Waals surface area contributed by atoms with Crippen LogP contribution < -0.4 is 5.32 Å². The number of nitrogens with zero attached hydrogens (tertiary/aromatic N) is 3. The van der Waals surface area contributed by atoms with Crippen LogP contribution in [0.15, 0.2) is 65.7 Å². The quantitative estimate of drug-likeness (QED) is 0.238. The summed E-state index contributed by atoms with van der Waals surface area (Å²) >= 11 is 3.09. The Balaban J connectivity index is 1.54. The fourth-order valence-corrected chi connectivity index (χ4v) is 5.44. The van der Waals surface area contributed by atoms with Gasteiger partial charge in [-0.15, -0.1) is 28.1 Å². The number of aromatic nitrogens is 3. The molecule has 1 N–H and O–H groups in total. The van der Waals surface area contributed by atoms with Crippen molar-refractivity contribution < 1.29 is 4.79 Å². The Morgan fingerprint density at radius 1 is 1.12 bits per heavy atom. The molecule has 7 heteroatoms. The minimum absolute atomic E-state index is 0.0405. The van der Waals surface area contributed by atoms with Crippen molar-refractivity contribution in [2.75, 3.05) is 11.1 Å². The third kappa shape index (κ3) is 4.49. The molecule has 0 saturated carbocycles. The SMILES string of the molecule is C=CCn1c(SCC(=O)Nc2c(CC)cccc2CC)nnc1-c1csc2ccccc12. The number of para-hydroxylation sites is 1. The van der Waals surface area contributed by atoms with E-state index in [2.05, 4.69) is 71.7 Å². The second kappa shape index (κ2) is 10.1. The number of thioether (sulfide) groups is 1. The Morgan fingerprint density at radius 2 is 1.88 bits per heavy atom. The molecule has 0 bridgehead atoms. The summed E-state index contributed by atoms with van der Waals surface area (Å²) in [5.74, 6) is 1.03. The molecular formula is C25H26N4OS2. The summed E-state index contributed by atoms with van der Waals surface area (Å²) in [5.41, 5.74) is 4.31. The lowest BCUT2D eigenvalue weighted by atomic mass is 10.0. The van der Waals surface area contributed by atoms with Crippen molar-refractivity contribution in [1.82, 2.24) is 14.8 Å². The van der Waals surface area contributed by atoms with E-state index in [-0.39, 0.29) is 11.7 Å². The maximum Gasteiger partial charge on any atom is 0.234 e. The second-order valence-corrected chi connectivity index (χ2v) is 9.20. The normalized spacial score (nSPS) is 11.1. The molecule has 0 saturated heterocycles. The molecule has 1 amide bonds. The molecule has 5 nitrogen and oxygen atoms in total. The van der Waals surface area contributed by atoms with Crippen LogP contribution in [0.5, 0.6) is 0 Å². The standard InChI is InChI=1S/C25H26N4OS2/c1-4-14-29-24(20-15-31-21-13-8-7-12-19(20)21)27-28-25(29)32-16-22(30)26-23-17(5-2)10-9-11-18(23)6-3/h4,7-13,15H,1,5-6,14,16H2,2-3H3,(H,26,30). The maximum atomic E-state index is 12.8. The van der Waals surface area contributed by atoms with E-state index < -0.39 is 0 Å². The number of nitrogens with one attached hydrogen (secondary N) is 1. The van der Waals surface area contributed by atoms with Gasteiger partial charge in [0.2, 0.25) is 5.91 Å². The summed E-state index contributed by atoms with van der Waals surface area (Å²) in [6, 6.07) is 14.5. The zero-order chi connectivity index (χ0) is 22.5. The summed E-state index contributed by atoms with van der Waals surface area (Å²) in [6.07, 6.45) is 3.58. The molecule has 0 radical (unpaired) electrons. The molecule has 0 aliphatic rings. The zero-order valence-electron chi connectivity index (χ0n) is 18.3. The fourth-order valence-electron chi connectivity index (χ4n) is 3.75.